The van der Waals surface area contributed by atoms with Gasteiger partial charge in [-0.2, -0.15) is 0 Å². The summed E-state index contributed by atoms with van der Waals surface area (Å²) < 4.78 is 17.2. The van der Waals surface area contributed by atoms with Crippen LogP contribution >= 0.6 is 11.8 Å². The van der Waals surface area contributed by atoms with Gasteiger partial charge in [-0.05, 0) is 20.8 Å². The van der Waals surface area contributed by atoms with Crippen LogP contribution in [0.25, 0.3) is 0 Å². The number of thioether (sulfide) groups is 1. The first-order chi connectivity index (χ1) is 7.99. The van der Waals surface area contributed by atoms with Gasteiger partial charge >= 0.3 is 8.80 Å². The number of carbonyl (C=O) groups excluding carboxylic acids is 1. The van der Waals surface area contributed by atoms with Crippen LogP contribution in [0.5, 0.6) is 0 Å². The summed E-state index contributed by atoms with van der Waals surface area (Å²) in [5, 5.41) is 0.272. The number of hydrogen-bond acceptors (Lipinski definition) is 5. The molecule has 0 aliphatic heterocycles. The van der Waals surface area contributed by atoms with Gasteiger partial charge in [0, 0.05) is 38.0 Å². The van der Waals surface area contributed by atoms with Gasteiger partial charge in [-0.25, -0.2) is 0 Å². The maximum absolute atomic E-state index is 11.1. The lowest BCUT2D eigenvalue weighted by atomic mass is 10.6. The summed E-state index contributed by atoms with van der Waals surface area (Å²) in [4.78, 5) is 11.1. The monoisotopic (exact) mass is 280 g/mol. The Balaban J connectivity index is 4.56. The quantitative estimate of drug-likeness (QED) is 0.608. The van der Waals surface area contributed by atoms with Crippen molar-refractivity contribution in [3.8, 4) is 0 Å². The summed E-state index contributed by atoms with van der Waals surface area (Å²) >= 11 is 1.31. The van der Waals surface area contributed by atoms with E-state index in [0.717, 1.165) is 0 Å². The molecule has 4 nitrogen and oxygen atoms in total. The predicted molar refractivity (Wildman–Crippen MR) is 73.2 cm³/mol. The van der Waals surface area contributed by atoms with Crippen molar-refractivity contribution in [2.75, 3.05) is 19.8 Å². The van der Waals surface area contributed by atoms with E-state index in [-0.39, 0.29) is 10.4 Å². The predicted octanol–water partition coefficient (Wildman–Crippen LogP) is 2.70. The minimum Gasteiger partial charge on any atom is -0.374 e. The molecule has 102 valence electrons. The Kier molecular flexibility index (Phi) is 9.16. The number of rotatable bonds is 9. The van der Waals surface area contributed by atoms with Gasteiger partial charge in [0.05, 0.1) is 0 Å². The third kappa shape index (κ3) is 7.20. The van der Waals surface area contributed by atoms with Crippen LogP contribution in [0.2, 0.25) is 6.04 Å². The molecule has 0 bridgehead atoms. The minimum absolute atomic E-state index is 0.116. The van der Waals surface area contributed by atoms with Crippen LogP contribution in [-0.2, 0) is 18.1 Å². The largest absolute Gasteiger partial charge is 0.502 e. The highest BCUT2D eigenvalue weighted by atomic mass is 32.2. The van der Waals surface area contributed by atoms with Crippen LogP contribution < -0.4 is 0 Å². The molecule has 0 amide bonds. The van der Waals surface area contributed by atoms with Gasteiger partial charge in [0.1, 0.15) is 0 Å². The summed E-state index contributed by atoms with van der Waals surface area (Å²) in [5.74, 6) is 0. The zero-order chi connectivity index (χ0) is 13.3. The summed E-state index contributed by atoms with van der Waals surface area (Å²) in [6.07, 6.45) is 0. The fourth-order valence-electron chi connectivity index (χ4n) is 1.64. The van der Waals surface area contributed by atoms with Gasteiger partial charge in [0.2, 0.25) is 0 Å². The third-order valence-electron chi connectivity index (χ3n) is 2.00. The molecule has 0 radical (unpaired) electrons. The fourth-order valence-corrected chi connectivity index (χ4v) is 5.78. The number of hydrogen-bond donors (Lipinski definition) is 0. The first-order valence-electron chi connectivity index (χ1n) is 6.08. The van der Waals surface area contributed by atoms with E-state index >= 15 is 0 Å². The number of carbonyl (C=O) groups is 1. The maximum atomic E-state index is 11.1. The molecule has 0 aromatic heterocycles. The second kappa shape index (κ2) is 9.10. The van der Waals surface area contributed by atoms with E-state index < -0.39 is 8.80 Å². The summed E-state index contributed by atoms with van der Waals surface area (Å²) in [7, 11) is -2.60. The molecule has 0 aliphatic rings. The zero-order valence-corrected chi connectivity index (χ0v) is 13.3. The van der Waals surface area contributed by atoms with Crippen LogP contribution in [0.1, 0.15) is 34.6 Å². The smallest absolute Gasteiger partial charge is 0.374 e. The highest BCUT2D eigenvalue weighted by Crippen LogP contribution is 2.25. The molecular formula is C11H24O4SSi. The van der Waals surface area contributed by atoms with Gasteiger partial charge in [0.15, 0.2) is 5.12 Å². The lowest BCUT2D eigenvalue weighted by molar-refractivity contribution is -0.109. The van der Waals surface area contributed by atoms with Crippen molar-refractivity contribution < 1.29 is 18.1 Å². The molecule has 0 saturated heterocycles. The van der Waals surface area contributed by atoms with Crippen molar-refractivity contribution in [2.45, 2.75) is 45.9 Å². The third-order valence-corrected chi connectivity index (χ3v) is 6.49. The molecule has 1 unspecified atom stereocenters. The Morgan fingerprint density at radius 1 is 1.12 bits per heavy atom. The van der Waals surface area contributed by atoms with E-state index in [2.05, 4.69) is 0 Å². The van der Waals surface area contributed by atoms with Crippen LogP contribution in [0.4, 0.5) is 0 Å². The summed E-state index contributed by atoms with van der Waals surface area (Å²) in [6.45, 7) is 11.1. The second-order valence-corrected chi connectivity index (χ2v) is 7.86. The minimum atomic E-state index is -2.60. The van der Waals surface area contributed by atoms with E-state index in [4.69, 9.17) is 13.3 Å². The lowest BCUT2D eigenvalue weighted by Gasteiger charge is -2.30. The SMILES string of the molecule is CCO[Si](CC(C)SC(C)=O)(OCC)OCC. The Morgan fingerprint density at radius 2 is 1.53 bits per heavy atom. The van der Waals surface area contributed by atoms with Gasteiger partial charge < -0.3 is 13.3 Å². The topological polar surface area (TPSA) is 44.8 Å². The van der Waals surface area contributed by atoms with Crippen LogP contribution in [0, 0.1) is 0 Å². The van der Waals surface area contributed by atoms with Crippen LogP contribution in [-0.4, -0.2) is 39.0 Å². The second-order valence-electron chi connectivity index (χ2n) is 3.61. The standard InChI is InChI=1S/C11H24O4SSi/c1-6-13-17(14-7-2,15-8-3)9-10(4)16-11(5)12/h10H,6-9H2,1-5H3. The van der Waals surface area contributed by atoms with Crippen LogP contribution in [0.3, 0.4) is 0 Å². The molecule has 0 aromatic rings. The molecule has 17 heavy (non-hydrogen) atoms. The van der Waals surface area contributed by atoms with Gasteiger partial charge in [-0.15, -0.1) is 0 Å². The van der Waals surface area contributed by atoms with E-state index in [0.29, 0.717) is 25.9 Å². The molecule has 0 aliphatic carbocycles. The molecule has 0 saturated carbocycles. The van der Waals surface area contributed by atoms with Gasteiger partial charge in [-0.3, -0.25) is 4.79 Å². The van der Waals surface area contributed by atoms with E-state index in [9.17, 15) is 4.79 Å². The van der Waals surface area contributed by atoms with Crippen molar-refractivity contribution in [3.05, 3.63) is 0 Å². The molecule has 0 fully saturated rings. The molecular weight excluding hydrogens is 256 g/mol. The highest BCUT2D eigenvalue weighted by Gasteiger charge is 2.42. The highest BCUT2D eigenvalue weighted by molar-refractivity contribution is 8.14. The molecule has 0 heterocycles. The Labute approximate surface area is 110 Å². The van der Waals surface area contributed by atoms with Crippen molar-refractivity contribution in [3.63, 3.8) is 0 Å². The average Bonchev–Trinajstić information content (AvgIpc) is 2.16. The molecule has 0 aromatic carbocycles. The van der Waals surface area contributed by atoms with Crippen LogP contribution in [0.15, 0.2) is 0 Å². The maximum Gasteiger partial charge on any atom is 0.502 e. The Hall–Kier alpha value is 0.117. The molecule has 1 atom stereocenters. The Bertz CT molecular complexity index is 208. The molecule has 0 N–H and O–H groups in total. The first kappa shape index (κ1) is 17.1. The summed E-state index contributed by atoms with van der Waals surface area (Å²) in [6, 6.07) is 0.673. The van der Waals surface area contributed by atoms with E-state index in [1.807, 2.05) is 27.7 Å². The zero-order valence-electron chi connectivity index (χ0n) is 11.4. The van der Waals surface area contributed by atoms with E-state index in [1.54, 1.807) is 6.92 Å². The van der Waals surface area contributed by atoms with Crippen molar-refractivity contribution in [1.29, 1.82) is 0 Å². The Morgan fingerprint density at radius 3 is 1.82 bits per heavy atom. The average molecular weight is 280 g/mol. The molecule has 0 rings (SSSR count). The normalized spacial score (nSPS) is 13.7. The van der Waals surface area contributed by atoms with E-state index in [1.165, 1.54) is 11.8 Å². The first-order valence-corrected chi connectivity index (χ1v) is 8.89. The fraction of sp³-hybridized carbons (Fsp3) is 0.909. The lowest BCUT2D eigenvalue weighted by Crippen LogP contribution is -2.47. The summed E-state index contributed by atoms with van der Waals surface area (Å²) in [5.41, 5.74) is 0. The van der Waals surface area contributed by atoms with Crippen molar-refractivity contribution in [2.24, 2.45) is 0 Å². The van der Waals surface area contributed by atoms with Gasteiger partial charge in [-0.1, -0.05) is 18.7 Å². The van der Waals surface area contributed by atoms with Gasteiger partial charge in [0.25, 0.3) is 0 Å². The molecule has 0 spiro atoms. The van der Waals surface area contributed by atoms with Crippen molar-refractivity contribution >= 4 is 25.7 Å². The van der Waals surface area contributed by atoms with Crippen molar-refractivity contribution in [1.82, 2.24) is 0 Å². The molecule has 6 heteroatoms.